The molecule has 442 valence electrons. The number of ketones is 8. The van der Waals surface area contributed by atoms with Crippen LogP contribution in [0, 0.1) is 22.7 Å². The van der Waals surface area contributed by atoms with Crippen molar-refractivity contribution >= 4 is 58.1 Å². The average molecular weight is 1150 g/mol. The van der Waals surface area contributed by atoms with E-state index in [1.807, 2.05) is 4.90 Å². The van der Waals surface area contributed by atoms with Gasteiger partial charge < -0.3 is 35.3 Å². The number of likely N-dealkylation sites (N-methyl/N-ethyl adjacent to an activating group) is 2. The molecule has 0 aromatic rings. The number of nitriles is 2. The standard InChI is InChI=1S/C60H68N10O14/c1-13-29(63)59(79)64-20-37-39-27(48(72)23(4)56(82-10)52(39)76)17-33-45-42-41(50(74)25(6)58(84-12)54(42)78)43(46(68(45)8)35(19-62)70(33)37)66-30(14-2)60(80)65-21-36-38-26(47(71)22(3)55(81-9)51(38)75)16-32-44-40-28(49(73)24(5)57(83-11)53(40)77)15-31(67(44)7)34(18-61)69(32)36/h29-37,43-46,66H,13-17,20-21,63H2,1-12H3,(H,64,79)(H,65,80)/t29-,30-,31+,32+,33-,34+,35+,36+,37+,43+,44+,45-,46+/m0/s1. The van der Waals surface area contributed by atoms with Gasteiger partial charge in [0.15, 0.2) is 46.2 Å². The quantitative estimate of drug-likeness (QED) is 0.161. The Balaban J connectivity index is 1.05. The van der Waals surface area contributed by atoms with E-state index >= 15 is 14.4 Å². The maximum atomic E-state index is 15.3. The van der Waals surface area contributed by atoms with Gasteiger partial charge in [-0.05, 0) is 73.9 Å². The fourth-order valence-electron chi connectivity index (χ4n) is 15.4. The molecule has 4 aliphatic carbocycles. The van der Waals surface area contributed by atoms with Gasteiger partial charge in [0.2, 0.25) is 34.9 Å². The molecule has 0 spiro atoms. The summed E-state index contributed by atoms with van der Waals surface area (Å²) in [6.07, 6.45) is -0.00484. The number of nitrogens with one attached hydrogen (secondary N) is 3. The lowest BCUT2D eigenvalue weighted by atomic mass is 9.65. The van der Waals surface area contributed by atoms with Crippen molar-refractivity contribution in [2.24, 2.45) is 5.73 Å². The fourth-order valence-corrected chi connectivity index (χ4v) is 15.4. The highest BCUT2D eigenvalue weighted by atomic mass is 16.5. The van der Waals surface area contributed by atoms with Crippen molar-refractivity contribution in [3.63, 3.8) is 0 Å². The molecule has 4 bridgehead atoms. The number of rotatable bonds is 14. The van der Waals surface area contributed by atoms with Gasteiger partial charge in [0.05, 0.1) is 88.9 Å². The Kier molecular flexibility index (Phi) is 15.5. The molecule has 24 heteroatoms. The zero-order valence-electron chi connectivity index (χ0n) is 48.9. The molecule has 0 radical (unpaired) electrons. The number of carbonyl (C=O) groups excluding carboxylic acids is 10. The molecule has 6 aliphatic heterocycles. The predicted molar refractivity (Wildman–Crippen MR) is 294 cm³/mol. The first kappa shape index (κ1) is 59.3. The Bertz CT molecular complexity index is 3490. The summed E-state index contributed by atoms with van der Waals surface area (Å²) in [5, 5.41) is 32.0. The van der Waals surface area contributed by atoms with E-state index in [4.69, 9.17) is 24.7 Å². The SMILES string of the molecule is CC[C@H](N[C@@H]1C2=C(C(=O)C(OC)=C(C)C2=O)[C@@H]2[C@@H]3CC4=C(C(=O)C(OC)=C(C)C4=O)[C@@H](CNC(=O)[C@@H](N)CC)N3[C@H](C#N)[C@H]1N2C)C(=O)NC[C@@H]1C2=C(C[C@@H]3[C@@H]4C5=C(C[C@H]([C@@H](C#N)N13)N4C)C(=O)C(C)=C(OC)C5=O)C(=O)C(C)=C(OC)C2=O. The second-order valence-electron chi connectivity index (χ2n) is 23.0. The lowest BCUT2D eigenvalue weighted by molar-refractivity contribution is -0.129. The number of amides is 2. The molecule has 0 aromatic heterocycles. The van der Waals surface area contributed by atoms with E-state index in [1.54, 1.807) is 42.6 Å². The minimum Gasteiger partial charge on any atom is -0.492 e. The number of ether oxygens (including phenoxy) is 4. The van der Waals surface area contributed by atoms with E-state index < -0.39 is 143 Å². The topological polar surface area (TPSA) is 330 Å². The summed E-state index contributed by atoms with van der Waals surface area (Å²) >= 11 is 0. The largest absolute Gasteiger partial charge is 0.492 e. The number of hydrogen-bond donors (Lipinski definition) is 4. The summed E-state index contributed by atoms with van der Waals surface area (Å²) in [5.41, 5.74) is 6.89. The molecule has 2 fully saturated rings. The molecule has 2 saturated heterocycles. The predicted octanol–water partition coefficient (Wildman–Crippen LogP) is -0.379. The molecular weight excluding hydrogens is 1080 g/mol. The first-order valence-corrected chi connectivity index (χ1v) is 28.1. The third-order valence-electron chi connectivity index (χ3n) is 19.3. The molecule has 13 atom stereocenters. The zero-order valence-corrected chi connectivity index (χ0v) is 48.9. The number of piperazine rings is 2. The molecule has 0 aromatic carbocycles. The van der Waals surface area contributed by atoms with Crippen LogP contribution in [0.15, 0.2) is 89.9 Å². The molecular formula is C60H68N10O14. The van der Waals surface area contributed by atoms with Crippen molar-refractivity contribution in [2.45, 2.75) is 152 Å². The van der Waals surface area contributed by atoms with Gasteiger partial charge in [-0.25, -0.2) is 0 Å². The van der Waals surface area contributed by atoms with Crippen LogP contribution < -0.4 is 21.7 Å². The van der Waals surface area contributed by atoms with Crippen LogP contribution in [0.2, 0.25) is 0 Å². The molecule has 0 saturated carbocycles. The molecule has 10 aliphatic rings. The van der Waals surface area contributed by atoms with Gasteiger partial charge in [-0.15, -0.1) is 0 Å². The summed E-state index contributed by atoms with van der Waals surface area (Å²) < 4.78 is 22.2. The van der Waals surface area contributed by atoms with E-state index in [1.165, 1.54) is 56.1 Å². The van der Waals surface area contributed by atoms with Crippen LogP contribution in [-0.2, 0) is 66.9 Å². The van der Waals surface area contributed by atoms with Crippen molar-refractivity contribution in [1.29, 1.82) is 10.5 Å². The van der Waals surface area contributed by atoms with Crippen LogP contribution in [0.3, 0.4) is 0 Å². The molecule has 5 N–H and O–H groups in total. The lowest BCUT2D eigenvalue weighted by Gasteiger charge is -2.62. The Labute approximate surface area is 485 Å². The van der Waals surface area contributed by atoms with Crippen LogP contribution >= 0.6 is 0 Å². The van der Waals surface area contributed by atoms with Crippen molar-refractivity contribution in [1.82, 2.24) is 35.6 Å². The Morgan fingerprint density at radius 3 is 1.37 bits per heavy atom. The lowest BCUT2D eigenvalue weighted by Crippen LogP contribution is -2.79. The summed E-state index contributed by atoms with van der Waals surface area (Å²) in [5.74, 6) is -6.47. The first-order valence-electron chi connectivity index (χ1n) is 28.1. The minimum absolute atomic E-state index is 0.00834. The van der Waals surface area contributed by atoms with Gasteiger partial charge in [-0.3, -0.25) is 72.9 Å². The second-order valence-corrected chi connectivity index (χ2v) is 23.0. The molecule has 24 nitrogen and oxygen atoms in total. The number of hydrogen-bond acceptors (Lipinski definition) is 22. The summed E-state index contributed by atoms with van der Waals surface area (Å²) in [4.78, 5) is 153. The summed E-state index contributed by atoms with van der Waals surface area (Å²) in [7, 11) is 8.50. The van der Waals surface area contributed by atoms with Gasteiger partial charge in [0.1, 0.15) is 12.1 Å². The van der Waals surface area contributed by atoms with E-state index in [2.05, 4.69) is 28.1 Å². The van der Waals surface area contributed by atoms with Gasteiger partial charge in [0, 0.05) is 98.1 Å². The highest BCUT2D eigenvalue weighted by molar-refractivity contribution is 6.28. The highest BCUT2D eigenvalue weighted by Gasteiger charge is 2.64. The van der Waals surface area contributed by atoms with Crippen molar-refractivity contribution in [3.8, 4) is 12.1 Å². The minimum atomic E-state index is -1.30. The third-order valence-corrected chi connectivity index (χ3v) is 19.3. The van der Waals surface area contributed by atoms with E-state index in [9.17, 15) is 44.1 Å². The zero-order chi connectivity index (χ0) is 61.1. The number of carbonyl (C=O) groups is 10. The average Bonchev–Trinajstić information content (AvgIpc) is 0.727. The Hall–Kier alpha value is -7.84. The van der Waals surface area contributed by atoms with Gasteiger partial charge in [-0.2, -0.15) is 10.5 Å². The van der Waals surface area contributed by atoms with Crippen LogP contribution in [0.1, 0.15) is 73.6 Å². The van der Waals surface area contributed by atoms with E-state index in [0.717, 1.165) is 0 Å². The Morgan fingerprint density at radius 1 is 0.536 bits per heavy atom. The summed E-state index contributed by atoms with van der Waals surface area (Å²) in [6.45, 7) is 8.59. The van der Waals surface area contributed by atoms with Crippen LogP contribution in [0.5, 0.6) is 0 Å². The molecule has 10 rings (SSSR count). The number of fused-ring (bicyclic) bond motifs is 10. The molecule has 0 unspecified atom stereocenters. The number of Topliss-reactive ketones (excluding diaryl/α,β-unsaturated/α-hetero) is 8. The molecule has 84 heavy (non-hydrogen) atoms. The summed E-state index contributed by atoms with van der Waals surface area (Å²) in [6, 6.07) is -8.98. The molecule has 2 amide bonds. The fraction of sp³-hybridized carbons (Fsp3) is 0.533. The smallest absolute Gasteiger partial charge is 0.237 e. The first-order chi connectivity index (χ1) is 40.0. The van der Waals surface area contributed by atoms with Gasteiger partial charge in [0.25, 0.3) is 0 Å². The Morgan fingerprint density at radius 2 is 0.929 bits per heavy atom. The third kappa shape index (κ3) is 8.34. The van der Waals surface area contributed by atoms with Crippen molar-refractivity contribution in [2.75, 3.05) is 55.6 Å². The number of methoxy groups -OCH3 is 4. The monoisotopic (exact) mass is 1150 g/mol. The molecule has 6 heterocycles. The van der Waals surface area contributed by atoms with E-state index in [-0.39, 0.29) is 129 Å². The number of nitrogens with zero attached hydrogens (tertiary/aromatic N) is 6. The maximum Gasteiger partial charge on any atom is 0.237 e. The number of allylic oxidation sites excluding steroid dienone is 8. The maximum absolute atomic E-state index is 15.3. The highest BCUT2D eigenvalue weighted by Crippen LogP contribution is 2.52. The van der Waals surface area contributed by atoms with Gasteiger partial charge in [-0.1, -0.05) is 13.8 Å². The van der Waals surface area contributed by atoms with Gasteiger partial charge >= 0.3 is 0 Å². The van der Waals surface area contributed by atoms with Crippen LogP contribution in [0.4, 0.5) is 0 Å². The number of nitrogens with two attached hydrogens (primary N) is 1. The van der Waals surface area contributed by atoms with Crippen molar-refractivity contribution in [3.05, 3.63) is 89.9 Å². The van der Waals surface area contributed by atoms with Crippen LogP contribution in [0.25, 0.3) is 0 Å². The van der Waals surface area contributed by atoms with Crippen LogP contribution in [-0.4, -0.2) is 212 Å². The second kappa shape index (κ2) is 22.0. The normalized spacial score (nSPS) is 31.7. The van der Waals surface area contributed by atoms with Crippen molar-refractivity contribution < 1.29 is 66.9 Å². The van der Waals surface area contributed by atoms with E-state index in [0.29, 0.717) is 0 Å².